The number of likely N-dealkylation sites (tertiary alicyclic amines) is 2. The van der Waals surface area contributed by atoms with Crippen LogP contribution in [0, 0.1) is 34.4 Å². The van der Waals surface area contributed by atoms with Gasteiger partial charge in [0.2, 0.25) is 16.0 Å². The second-order valence-corrected chi connectivity index (χ2v) is 12.3. The summed E-state index contributed by atoms with van der Waals surface area (Å²) in [5, 5.41) is 28.3. The number of anilines is 3. The monoisotopic (exact) mass is 605 g/mol. The fourth-order valence-electron chi connectivity index (χ4n) is 5.26. The predicted molar refractivity (Wildman–Crippen MR) is 158 cm³/mol. The number of rotatable bonds is 8. The molecule has 4 aromatic rings. The van der Waals surface area contributed by atoms with Crippen LogP contribution in [-0.4, -0.2) is 80.7 Å². The summed E-state index contributed by atoms with van der Waals surface area (Å²) in [6.45, 7) is 3.82. The van der Waals surface area contributed by atoms with Crippen molar-refractivity contribution in [2.75, 3.05) is 43.4 Å². The SMILES string of the molecule is CCc1nc2sc(N[C@H]3CC(N)N(CC(=O)N4CC(C#N)C4)C3)nn2c1N(C)c1nc(-c2ccc(F)cc2)c(C#N)s1. The van der Waals surface area contributed by atoms with Crippen LogP contribution in [0.25, 0.3) is 16.2 Å². The van der Waals surface area contributed by atoms with E-state index in [2.05, 4.69) is 17.5 Å². The van der Waals surface area contributed by atoms with Crippen LogP contribution in [0.4, 0.5) is 20.5 Å². The van der Waals surface area contributed by atoms with Gasteiger partial charge in [-0.15, -0.1) is 5.10 Å². The third-order valence-corrected chi connectivity index (χ3v) is 9.43. The maximum absolute atomic E-state index is 13.5. The Balaban J connectivity index is 1.19. The van der Waals surface area contributed by atoms with Gasteiger partial charge in [0.05, 0.1) is 30.4 Å². The highest BCUT2D eigenvalue weighted by atomic mass is 32.1. The normalized spacial score (nSPS) is 19.0. The summed E-state index contributed by atoms with van der Waals surface area (Å²) >= 11 is 2.68. The van der Waals surface area contributed by atoms with Crippen molar-refractivity contribution in [1.29, 1.82) is 10.5 Å². The fourth-order valence-corrected chi connectivity index (χ4v) is 7.00. The van der Waals surface area contributed by atoms with Gasteiger partial charge in [0.25, 0.3) is 0 Å². The van der Waals surface area contributed by atoms with E-state index in [-0.39, 0.29) is 36.4 Å². The van der Waals surface area contributed by atoms with Crippen molar-refractivity contribution in [1.82, 2.24) is 29.4 Å². The van der Waals surface area contributed by atoms with E-state index in [1.54, 1.807) is 21.5 Å². The molecule has 12 nitrogen and oxygen atoms in total. The second kappa shape index (κ2) is 11.3. The van der Waals surface area contributed by atoms with E-state index in [9.17, 15) is 14.4 Å². The van der Waals surface area contributed by atoms with Gasteiger partial charge in [0.1, 0.15) is 22.5 Å². The molecule has 5 heterocycles. The highest BCUT2D eigenvalue weighted by molar-refractivity contribution is 7.20. The van der Waals surface area contributed by atoms with Crippen LogP contribution in [0.3, 0.4) is 0 Å². The number of nitriles is 2. The zero-order valence-electron chi connectivity index (χ0n) is 23.0. The Morgan fingerprint density at radius 1 is 1.21 bits per heavy atom. The molecule has 6 rings (SSSR count). The molecule has 1 aromatic carbocycles. The number of hydrogen-bond donors (Lipinski definition) is 2. The molecular weight excluding hydrogens is 578 g/mol. The number of amides is 1. The maximum atomic E-state index is 13.5. The summed E-state index contributed by atoms with van der Waals surface area (Å²) < 4.78 is 15.3. The molecule has 3 N–H and O–H groups in total. The Bertz CT molecular complexity index is 1710. The van der Waals surface area contributed by atoms with Crippen molar-refractivity contribution in [2.24, 2.45) is 11.7 Å². The first-order valence-electron chi connectivity index (χ1n) is 13.5. The molecule has 1 unspecified atom stereocenters. The summed E-state index contributed by atoms with van der Waals surface area (Å²) in [5.74, 6) is 0.322. The fraction of sp³-hybridized carbons (Fsp3) is 0.407. The molecule has 2 aliphatic heterocycles. The number of nitrogens with one attached hydrogen (secondary N) is 1. The topological polar surface area (TPSA) is 155 Å². The first-order chi connectivity index (χ1) is 20.3. The highest BCUT2D eigenvalue weighted by Gasteiger charge is 2.36. The van der Waals surface area contributed by atoms with Crippen molar-refractivity contribution >= 4 is 49.6 Å². The minimum atomic E-state index is -0.353. The second-order valence-electron chi connectivity index (χ2n) is 10.4. The van der Waals surface area contributed by atoms with Gasteiger partial charge in [-0.2, -0.15) is 15.0 Å². The van der Waals surface area contributed by atoms with Crippen LogP contribution >= 0.6 is 22.7 Å². The van der Waals surface area contributed by atoms with Crippen LogP contribution in [0.5, 0.6) is 0 Å². The quantitative estimate of drug-likeness (QED) is 0.306. The minimum absolute atomic E-state index is 0.00517. The summed E-state index contributed by atoms with van der Waals surface area (Å²) in [5.41, 5.74) is 8.37. The molecule has 0 aliphatic carbocycles. The van der Waals surface area contributed by atoms with Gasteiger partial charge in [0, 0.05) is 38.3 Å². The Labute approximate surface area is 249 Å². The number of nitrogens with zero attached hydrogens (tertiary/aromatic N) is 9. The molecule has 0 saturated carbocycles. The molecule has 15 heteroatoms. The van der Waals surface area contributed by atoms with E-state index in [1.807, 2.05) is 23.8 Å². The molecule has 216 valence electrons. The van der Waals surface area contributed by atoms with Crippen molar-refractivity contribution < 1.29 is 9.18 Å². The Hall–Kier alpha value is -4.15. The number of thiazole rings is 1. The molecule has 0 spiro atoms. The van der Waals surface area contributed by atoms with Gasteiger partial charge >= 0.3 is 0 Å². The van der Waals surface area contributed by atoms with Crippen molar-refractivity contribution in [2.45, 2.75) is 32.0 Å². The van der Waals surface area contributed by atoms with E-state index in [4.69, 9.17) is 26.1 Å². The number of imidazole rings is 1. The lowest BCUT2D eigenvalue weighted by Gasteiger charge is -2.36. The standard InChI is InChI=1S/C27H28FN11OS2/c1-3-19-24(36(2)26-34-23(20(10-30)41-26)16-4-6-17(28)7-5-16)39-27(33-19)42-25(35-39)32-18-8-21(31)37(13-18)14-22(40)38-11-15(9-29)12-38/h4-7,15,18,21H,3,8,11-14,31H2,1-2H3,(H,32,35)/t18-,21?/m0/s1. The van der Waals surface area contributed by atoms with Gasteiger partial charge in [-0.25, -0.2) is 14.4 Å². The van der Waals surface area contributed by atoms with Gasteiger partial charge in [-0.1, -0.05) is 29.6 Å². The molecule has 0 bridgehead atoms. The number of halogens is 1. The van der Waals surface area contributed by atoms with Crippen LogP contribution < -0.4 is 16.0 Å². The summed E-state index contributed by atoms with van der Waals surface area (Å²) in [7, 11) is 1.87. The zero-order valence-corrected chi connectivity index (χ0v) is 24.6. The lowest BCUT2D eigenvalue weighted by Crippen LogP contribution is -2.53. The minimum Gasteiger partial charge on any atom is -0.356 e. The molecule has 2 atom stereocenters. The maximum Gasteiger partial charge on any atom is 0.236 e. The lowest BCUT2D eigenvalue weighted by molar-refractivity contribution is -0.137. The van der Waals surface area contributed by atoms with Gasteiger partial charge in [-0.3, -0.25) is 9.69 Å². The summed E-state index contributed by atoms with van der Waals surface area (Å²) in [4.78, 5) is 28.8. The molecule has 2 saturated heterocycles. The largest absolute Gasteiger partial charge is 0.356 e. The van der Waals surface area contributed by atoms with E-state index < -0.39 is 0 Å². The Morgan fingerprint density at radius 2 is 1.98 bits per heavy atom. The molecular formula is C27H28FN11OS2. The molecule has 3 aromatic heterocycles. The number of carbonyl (C=O) groups is 1. The first-order valence-corrected chi connectivity index (χ1v) is 15.1. The third kappa shape index (κ3) is 5.16. The van der Waals surface area contributed by atoms with Crippen molar-refractivity contribution in [3.05, 3.63) is 40.7 Å². The molecule has 1 amide bonds. The van der Waals surface area contributed by atoms with Crippen LogP contribution in [0.1, 0.15) is 23.9 Å². The number of fused-ring (bicyclic) bond motifs is 1. The molecule has 2 fully saturated rings. The highest BCUT2D eigenvalue weighted by Crippen LogP contribution is 2.38. The summed E-state index contributed by atoms with van der Waals surface area (Å²) in [6.07, 6.45) is 1.07. The van der Waals surface area contributed by atoms with Gasteiger partial charge in [0.15, 0.2) is 10.9 Å². The summed E-state index contributed by atoms with van der Waals surface area (Å²) in [6, 6.07) is 10.3. The third-order valence-electron chi connectivity index (χ3n) is 7.56. The van der Waals surface area contributed by atoms with E-state index in [0.717, 1.165) is 11.5 Å². The van der Waals surface area contributed by atoms with E-state index in [1.165, 1.54) is 34.8 Å². The van der Waals surface area contributed by atoms with E-state index in [0.29, 0.717) is 63.8 Å². The van der Waals surface area contributed by atoms with Crippen LogP contribution in [0.15, 0.2) is 24.3 Å². The lowest BCUT2D eigenvalue weighted by atomic mass is 10.0. The number of aryl methyl sites for hydroxylation is 1. The molecule has 42 heavy (non-hydrogen) atoms. The first kappa shape index (κ1) is 28.0. The molecule has 0 radical (unpaired) electrons. The van der Waals surface area contributed by atoms with E-state index >= 15 is 0 Å². The number of nitrogens with two attached hydrogens (primary N) is 1. The number of carbonyl (C=O) groups excluding carboxylic acids is 1. The smallest absolute Gasteiger partial charge is 0.236 e. The Kier molecular flexibility index (Phi) is 7.51. The van der Waals surface area contributed by atoms with Crippen molar-refractivity contribution in [3.63, 3.8) is 0 Å². The average Bonchev–Trinajstić information content (AvgIpc) is 3.70. The number of aromatic nitrogens is 4. The van der Waals surface area contributed by atoms with Crippen LogP contribution in [-0.2, 0) is 11.2 Å². The average molecular weight is 606 g/mol. The van der Waals surface area contributed by atoms with Gasteiger partial charge < -0.3 is 20.9 Å². The number of hydrogen-bond acceptors (Lipinski definition) is 12. The number of benzene rings is 1. The zero-order chi connectivity index (χ0) is 29.5. The van der Waals surface area contributed by atoms with Crippen LogP contribution in [0.2, 0.25) is 0 Å². The van der Waals surface area contributed by atoms with Crippen molar-refractivity contribution in [3.8, 4) is 23.4 Å². The Morgan fingerprint density at radius 3 is 2.67 bits per heavy atom. The van der Waals surface area contributed by atoms with Gasteiger partial charge in [-0.05, 0) is 37.1 Å². The predicted octanol–water partition coefficient (Wildman–Crippen LogP) is 3.01. The molecule has 2 aliphatic rings.